The molecule has 0 nitrogen and oxygen atoms in total. The molecule has 1 aromatic carbocycles. The van der Waals surface area contributed by atoms with Crippen molar-refractivity contribution in [1.29, 1.82) is 0 Å². The number of hydrogen-bond acceptors (Lipinski definition) is 0. The van der Waals surface area contributed by atoms with E-state index in [1.54, 1.807) is 0 Å². The Morgan fingerprint density at radius 1 is 1.14 bits per heavy atom. The predicted molar refractivity (Wildman–Crippen MR) is 97.6 cm³/mol. The first-order valence-corrected chi connectivity index (χ1v) is 7.52. The van der Waals surface area contributed by atoms with Gasteiger partial charge in [0.1, 0.15) is 0 Å². The molecule has 21 heavy (non-hydrogen) atoms. The molecular weight excluding hydrogens is 252 g/mol. The van der Waals surface area contributed by atoms with E-state index in [2.05, 4.69) is 57.4 Å². The van der Waals surface area contributed by atoms with Gasteiger partial charge in [-0.05, 0) is 52.3 Å². The van der Waals surface area contributed by atoms with Crippen LogP contribution in [0, 0.1) is 0 Å². The van der Waals surface area contributed by atoms with E-state index in [1.807, 2.05) is 13.8 Å². The molecule has 0 heteroatoms. The molecule has 112 valence electrons. The van der Waals surface area contributed by atoms with Crippen LogP contribution in [0.2, 0.25) is 0 Å². The lowest BCUT2D eigenvalue weighted by atomic mass is 9.85. The molecule has 0 saturated carbocycles. The summed E-state index contributed by atoms with van der Waals surface area (Å²) >= 11 is 0. The van der Waals surface area contributed by atoms with Crippen molar-refractivity contribution in [3.8, 4) is 0 Å². The van der Waals surface area contributed by atoms with Crippen LogP contribution in [0.4, 0.5) is 0 Å². The third-order valence-corrected chi connectivity index (χ3v) is 4.24. The fraction of sp³-hybridized carbons (Fsp3) is 0.333. The number of fused-ring (bicyclic) bond motifs is 3. The van der Waals surface area contributed by atoms with Crippen molar-refractivity contribution in [3.05, 3.63) is 71.3 Å². The highest BCUT2D eigenvalue weighted by Gasteiger charge is 2.30. The Bertz CT molecular complexity index is 624. The normalized spacial score (nSPS) is 20.4. The summed E-state index contributed by atoms with van der Waals surface area (Å²) in [6.07, 6.45) is 7.67. The Kier molecular flexibility index (Phi) is 5.54. The molecular formula is C21H28. The lowest BCUT2D eigenvalue weighted by Gasteiger charge is -2.19. The van der Waals surface area contributed by atoms with Gasteiger partial charge in [0.25, 0.3) is 0 Å². The zero-order valence-corrected chi connectivity index (χ0v) is 13.1. The molecule has 3 rings (SSSR count). The van der Waals surface area contributed by atoms with Gasteiger partial charge in [-0.15, -0.1) is 0 Å². The monoisotopic (exact) mass is 280 g/mol. The standard InChI is InChI=1S/C18H18.C2H6.CH4/c1-5-14-7-6-8-15-9-10-16-12(3)11(2)13(4)17(16)18(14)15;1-2;/h5-7,9-10,12H,2,4,8H2,1,3H3;1-2H3;1H4/b14-5-;;. The van der Waals surface area contributed by atoms with Crippen molar-refractivity contribution in [2.45, 2.75) is 47.5 Å². The van der Waals surface area contributed by atoms with Gasteiger partial charge in [0.2, 0.25) is 0 Å². The zero-order valence-electron chi connectivity index (χ0n) is 13.1. The summed E-state index contributed by atoms with van der Waals surface area (Å²) in [7, 11) is 0. The van der Waals surface area contributed by atoms with Gasteiger partial charge in [0, 0.05) is 5.92 Å². The van der Waals surface area contributed by atoms with Crippen LogP contribution in [0.25, 0.3) is 11.1 Å². The molecule has 0 amide bonds. The van der Waals surface area contributed by atoms with Crippen molar-refractivity contribution in [3.63, 3.8) is 0 Å². The van der Waals surface area contributed by atoms with Gasteiger partial charge < -0.3 is 0 Å². The van der Waals surface area contributed by atoms with Crippen LogP contribution in [0.15, 0.2) is 49.1 Å². The molecule has 0 N–H and O–H groups in total. The quantitative estimate of drug-likeness (QED) is 0.505. The first kappa shape index (κ1) is 17.2. The highest BCUT2D eigenvalue weighted by Crippen LogP contribution is 2.48. The van der Waals surface area contributed by atoms with Crippen LogP contribution in [-0.2, 0) is 6.42 Å². The first-order valence-electron chi connectivity index (χ1n) is 7.52. The molecule has 1 aromatic rings. The Balaban J connectivity index is 0.000000706. The zero-order chi connectivity index (χ0) is 14.9. The fourth-order valence-electron chi connectivity index (χ4n) is 3.09. The molecule has 0 aromatic heterocycles. The Morgan fingerprint density at radius 2 is 1.81 bits per heavy atom. The average molecular weight is 280 g/mol. The van der Waals surface area contributed by atoms with E-state index in [4.69, 9.17) is 0 Å². The molecule has 1 unspecified atom stereocenters. The minimum atomic E-state index is 0. The maximum absolute atomic E-state index is 4.25. The minimum Gasteiger partial charge on any atom is -0.0946 e. The summed E-state index contributed by atoms with van der Waals surface area (Å²) < 4.78 is 0. The third kappa shape index (κ3) is 2.55. The van der Waals surface area contributed by atoms with Gasteiger partial charge in [0.15, 0.2) is 0 Å². The lowest BCUT2D eigenvalue weighted by molar-refractivity contribution is 0.960. The van der Waals surface area contributed by atoms with Gasteiger partial charge in [-0.2, -0.15) is 0 Å². The van der Waals surface area contributed by atoms with Gasteiger partial charge in [-0.3, -0.25) is 0 Å². The minimum absolute atomic E-state index is 0. The van der Waals surface area contributed by atoms with Crippen molar-refractivity contribution < 1.29 is 0 Å². The molecule has 0 bridgehead atoms. The number of hydrogen-bond donors (Lipinski definition) is 0. The highest BCUT2D eigenvalue weighted by molar-refractivity contribution is 5.95. The number of benzene rings is 1. The second kappa shape index (κ2) is 6.76. The van der Waals surface area contributed by atoms with Crippen LogP contribution in [0.5, 0.6) is 0 Å². The van der Waals surface area contributed by atoms with Crippen LogP contribution >= 0.6 is 0 Å². The smallest absolute Gasteiger partial charge is 0.00674 e. The predicted octanol–water partition coefficient (Wildman–Crippen LogP) is 6.55. The first-order chi connectivity index (χ1) is 9.65. The molecule has 0 heterocycles. The Morgan fingerprint density at radius 3 is 2.43 bits per heavy atom. The van der Waals surface area contributed by atoms with Gasteiger partial charge in [-0.25, -0.2) is 0 Å². The van der Waals surface area contributed by atoms with Crippen molar-refractivity contribution >= 4 is 11.1 Å². The number of allylic oxidation sites excluding steroid dienone is 6. The van der Waals surface area contributed by atoms with E-state index < -0.39 is 0 Å². The summed E-state index contributed by atoms with van der Waals surface area (Å²) in [6.45, 7) is 16.8. The maximum atomic E-state index is 4.25. The van der Waals surface area contributed by atoms with E-state index in [9.17, 15) is 0 Å². The van der Waals surface area contributed by atoms with E-state index in [-0.39, 0.29) is 7.43 Å². The lowest BCUT2D eigenvalue weighted by Crippen LogP contribution is -2.02. The van der Waals surface area contributed by atoms with E-state index in [0.29, 0.717) is 5.92 Å². The van der Waals surface area contributed by atoms with Crippen LogP contribution in [-0.4, -0.2) is 0 Å². The summed E-state index contributed by atoms with van der Waals surface area (Å²) in [6, 6.07) is 4.53. The molecule has 0 spiro atoms. The summed E-state index contributed by atoms with van der Waals surface area (Å²) in [4.78, 5) is 0. The molecule has 0 aliphatic heterocycles. The summed E-state index contributed by atoms with van der Waals surface area (Å²) in [5, 5.41) is 0. The second-order valence-electron chi connectivity index (χ2n) is 5.14. The van der Waals surface area contributed by atoms with Crippen LogP contribution < -0.4 is 0 Å². The van der Waals surface area contributed by atoms with E-state index in [0.717, 1.165) is 12.0 Å². The molecule has 0 fully saturated rings. The van der Waals surface area contributed by atoms with Crippen molar-refractivity contribution in [2.24, 2.45) is 0 Å². The van der Waals surface area contributed by atoms with E-state index >= 15 is 0 Å². The topological polar surface area (TPSA) is 0 Å². The SMILES string of the molecule is C.C=C1C(=C)C(C)c2ccc3c(c21)/C(=C\C)C=CC3.CC. The average Bonchev–Trinajstić information content (AvgIpc) is 2.73. The Hall–Kier alpha value is -1.82. The van der Waals surface area contributed by atoms with Crippen molar-refractivity contribution in [1.82, 2.24) is 0 Å². The van der Waals surface area contributed by atoms with Crippen LogP contribution in [0.1, 0.15) is 63.3 Å². The van der Waals surface area contributed by atoms with Gasteiger partial charge >= 0.3 is 0 Å². The molecule has 0 saturated heterocycles. The van der Waals surface area contributed by atoms with Gasteiger partial charge in [-0.1, -0.05) is 71.7 Å². The summed E-state index contributed by atoms with van der Waals surface area (Å²) in [5.74, 6) is 0.404. The van der Waals surface area contributed by atoms with Gasteiger partial charge in [0.05, 0.1) is 0 Å². The van der Waals surface area contributed by atoms with Crippen molar-refractivity contribution in [2.75, 3.05) is 0 Å². The Labute approximate surface area is 130 Å². The molecule has 1 atom stereocenters. The molecule has 2 aliphatic carbocycles. The van der Waals surface area contributed by atoms with E-state index in [1.165, 1.54) is 33.4 Å². The third-order valence-electron chi connectivity index (χ3n) is 4.24. The number of rotatable bonds is 0. The van der Waals surface area contributed by atoms with Crippen LogP contribution in [0.3, 0.4) is 0 Å². The largest absolute Gasteiger partial charge is 0.0946 e. The summed E-state index contributed by atoms with van der Waals surface area (Å²) in [5.41, 5.74) is 9.13. The highest BCUT2D eigenvalue weighted by atomic mass is 14.3. The molecule has 2 aliphatic rings. The fourth-order valence-corrected chi connectivity index (χ4v) is 3.09. The molecule has 0 radical (unpaired) electrons. The second-order valence-corrected chi connectivity index (χ2v) is 5.14. The maximum Gasteiger partial charge on any atom is 0.00674 e.